The molecule has 0 aliphatic carbocycles. The molecule has 1 aromatic rings. The van der Waals surface area contributed by atoms with Gasteiger partial charge in [-0.25, -0.2) is 9.78 Å². The molecule has 1 rings (SSSR count). The maximum atomic E-state index is 11.5. The van der Waals surface area contributed by atoms with Crippen LogP contribution in [0, 0.1) is 0 Å². The van der Waals surface area contributed by atoms with Gasteiger partial charge < -0.3 is 19.9 Å². The SMILES string of the molecule is CC(C)(C)OC(=O)NC(CO)COc1ccccn1. The van der Waals surface area contributed by atoms with Gasteiger partial charge in [-0.3, -0.25) is 0 Å². The molecule has 0 aromatic carbocycles. The molecule has 1 aromatic heterocycles. The van der Waals surface area contributed by atoms with Crippen molar-refractivity contribution in [3.8, 4) is 5.88 Å². The Kier molecular flexibility index (Phi) is 5.57. The monoisotopic (exact) mass is 268 g/mol. The van der Waals surface area contributed by atoms with E-state index in [9.17, 15) is 9.90 Å². The number of rotatable bonds is 5. The van der Waals surface area contributed by atoms with Crippen LogP contribution in [0.25, 0.3) is 0 Å². The summed E-state index contributed by atoms with van der Waals surface area (Å²) in [5.41, 5.74) is -0.577. The number of ether oxygens (including phenoxy) is 2. The van der Waals surface area contributed by atoms with Crippen LogP contribution in [0.15, 0.2) is 24.4 Å². The van der Waals surface area contributed by atoms with E-state index >= 15 is 0 Å². The number of pyridine rings is 1. The molecule has 6 nitrogen and oxygen atoms in total. The average molecular weight is 268 g/mol. The first-order valence-electron chi connectivity index (χ1n) is 6.05. The van der Waals surface area contributed by atoms with Gasteiger partial charge in [0.25, 0.3) is 0 Å². The number of aliphatic hydroxyl groups excluding tert-OH is 1. The molecule has 0 radical (unpaired) electrons. The Morgan fingerprint density at radius 3 is 2.74 bits per heavy atom. The van der Waals surface area contributed by atoms with Gasteiger partial charge in [0.1, 0.15) is 12.2 Å². The lowest BCUT2D eigenvalue weighted by molar-refractivity contribution is 0.0457. The molecule has 0 saturated carbocycles. The molecule has 0 spiro atoms. The van der Waals surface area contributed by atoms with Crippen LogP contribution in [0.3, 0.4) is 0 Å². The zero-order chi connectivity index (χ0) is 14.3. The van der Waals surface area contributed by atoms with E-state index in [1.54, 1.807) is 45.2 Å². The van der Waals surface area contributed by atoms with Crippen molar-refractivity contribution in [2.45, 2.75) is 32.4 Å². The number of carbonyl (C=O) groups is 1. The van der Waals surface area contributed by atoms with Crippen molar-refractivity contribution in [1.29, 1.82) is 0 Å². The standard InChI is InChI=1S/C13H20N2O4/c1-13(2,3)19-12(17)15-10(8-16)9-18-11-6-4-5-7-14-11/h4-7,10,16H,8-9H2,1-3H3,(H,15,17). The van der Waals surface area contributed by atoms with Crippen LogP contribution in [0.4, 0.5) is 4.79 Å². The smallest absolute Gasteiger partial charge is 0.408 e. The second-order valence-corrected chi connectivity index (χ2v) is 5.00. The van der Waals surface area contributed by atoms with Gasteiger partial charge in [0.15, 0.2) is 0 Å². The first-order chi connectivity index (χ1) is 8.90. The lowest BCUT2D eigenvalue weighted by Crippen LogP contribution is -2.44. The zero-order valence-electron chi connectivity index (χ0n) is 11.4. The van der Waals surface area contributed by atoms with Gasteiger partial charge in [0, 0.05) is 12.3 Å². The maximum absolute atomic E-state index is 11.5. The molecule has 0 saturated heterocycles. The summed E-state index contributed by atoms with van der Waals surface area (Å²) in [5.74, 6) is 0.437. The highest BCUT2D eigenvalue weighted by Crippen LogP contribution is 2.07. The molecule has 106 valence electrons. The fraction of sp³-hybridized carbons (Fsp3) is 0.538. The van der Waals surface area contributed by atoms with E-state index in [1.165, 1.54) is 0 Å². The Morgan fingerprint density at radius 1 is 1.47 bits per heavy atom. The molecule has 0 aliphatic rings. The fourth-order valence-electron chi connectivity index (χ4n) is 1.23. The topological polar surface area (TPSA) is 80.7 Å². The summed E-state index contributed by atoms with van der Waals surface area (Å²) in [7, 11) is 0. The van der Waals surface area contributed by atoms with Crippen molar-refractivity contribution in [2.24, 2.45) is 0 Å². The number of carbonyl (C=O) groups excluding carboxylic acids is 1. The largest absolute Gasteiger partial charge is 0.475 e. The van der Waals surface area contributed by atoms with Crippen LogP contribution in [0.2, 0.25) is 0 Å². The molecule has 0 aliphatic heterocycles. The van der Waals surface area contributed by atoms with Crippen molar-refractivity contribution in [3.05, 3.63) is 24.4 Å². The van der Waals surface area contributed by atoms with Gasteiger partial charge in [0.2, 0.25) is 5.88 Å². The van der Waals surface area contributed by atoms with Crippen LogP contribution >= 0.6 is 0 Å². The highest BCUT2D eigenvalue weighted by atomic mass is 16.6. The Balaban J connectivity index is 2.39. The quantitative estimate of drug-likeness (QED) is 0.842. The predicted octanol–water partition coefficient (Wildman–Crippen LogP) is 1.35. The number of aliphatic hydroxyl groups is 1. The Hall–Kier alpha value is -1.82. The lowest BCUT2D eigenvalue weighted by atomic mass is 10.2. The minimum Gasteiger partial charge on any atom is -0.475 e. The second kappa shape index (κ2) is 6.94. The van der Waals surface area contributed by atoms with Crippen LogP contribution in [0.1, 0.15) is 20.8 Å². The Labute approximate surface area is 112 Å². The molecule has 6 heteroatoms. The highest BCUT2D eigenvalue weighted by molar-refractivity contribution is 5.68. The van der Waals surface area contributed by atoms with E-state index in [1.807, 2.05) is 0 Å². The second-order valence-electron chi connectivity index (χ2n) is 5.00. The summed E-state index contributed by atoms with van der Waals surface area (Å²) in [4.78, 5) is 15.5. The lowest BCUT2D eigenvalue weighted by Gasteiger charge is -2.22. The van der Waals surface area contributed by atoms with E-state index in [2.05, 4.69) is 10.3 Å². The first-order valence-corrected chi connectivity index (χ1v) is 6.05. The first kappa shape index (κ1) is 15.2. The van der Waals surface area contributed by atoms with Crippen molar-refractivity contribution in [2.75, 3.05) is 13.2 Å². The van der Waals surface area contributed by atoms with Crippen LogP contribution in [-0.4, -0.2) is 41.0 Å². The Bertz CT molecular complexity index is 389. The summed E-state index contributed by atoms with van der Waals surface area (Å²) in [6.07, 6.45) is 1.01. The normalized spacial score (nSPS) is 12.6. The number of nitrogens with zero attached hydrogens (tertiary/aromatic N) is 1. The molecule has 0 fully saturated rings. The van der Waals surface area contributed by atoms with Crippen molar-refractivity contribution in [3.63, 3.8) is 0 Å². The van der Waals surface area contributed by atoms with E-state index < -0.39 is 17.7 Å². The summed E-state index contributed by atoms with van der Waals surface area (Å²) < 4.78 is 10.4. The molecule has 1 unspecified atom stereocenters. The maximum Gasteiger partial charge on any atom is 0.408 e. The van der Waals surface area contributed by atoms with Crippen LogP contribution in [0.5, 0.6) is 5.88 Å². The minimum absolute atomic E-state index is 0.118. The summed E-state index contributed by atoms with van der Waals surface area (Å²) in [6.45, 7) is 5.18. The van der Waals surface area contributed by atoms with Gasteiger partial charge in [-0.1, -0.05) is 6.07 Å². The summed E-state index contributed by atoms with van der Waals surface area (Å²) in [5, 5.41) is 11.7. The summed E-state index contributed by atoms with van der Waals surface area (Å²) in [6, 6.07) is 4.71. The molecule has 0 bridgehead atoms. The van der Waals surface area contributed by atoms with Gasteiger partial charge in [-0.05, 0) is 26.8 Å². The van der Waals surface area contributed by atoms with Gasteiger partial charge in [-0.15, -0.1) is 0 Å². The number of alkyl carbamates (subject to hydrolysis) is 1. The number of hydrogen-bond acceptors (Lipinski definition) is 5. The number of amides is 1. The van der Waals surface area contributed by atoms with Gasteiger partial charge >= 0.3 is 6.09 Å². The molecule has 1 atom stereocenters. The molecular weight excluding hydrogens is 248 g/mol. The minimum atomic E-state index is -0.587. The third-order valence-corrected chi connectivity index (χ3v) is 2.01. The zero-order valence-corrected chi connectivity index (χ0v) is 11.4. The molecule has 19 heavy (non-hydrogen) atoms. The van der Waals surface area contributed by atoms with E-state index in [0.29, 0.717) is 5.88 Å². The van der Waals surface area contributed by atoms with E-state index in [-0.39, 0.29) is 13.2 Å². The molecular formula is C13H20N2O4. The molecule has 2 N–H and O–H groups in total. The molecule has 1 heterocycles. The third-order valence-electron chi connectivity index (χ3n) is 2.01. The van der Waals surface area contributed by atoms with Crippen LogP contribution < -0.4 is 10.1 Å². The third kappa shape index (κ3) is 6.61. The van der Waals surface area contributed by atoms with Gasteiger partial charge in [0.05, 0.1) is 12.6 Å². The predicted molar refractivity (Wildman–Crippen MR) is 70.0 cm³/mol. The van der Waals surface area contributed by atoms with Crippen LogP contribution in [-0.2, 0) is 4.74 Å². The number of hydrogen-bond donors (Lipinski definition) is 2. The Morgan fingerprint density at radius 2 is 2.21 bits per heavy atom. The van der Waals surface area contributed by atoms with Crippen molar-refractivity contribution < 1.29 is 19.4 Å². The summed E-state index contributed by atoms with van der Waals surface area (Å²) >= 11 is 0. The number of nitrogens with one attached hydrogen (secondary N) is 1. The van der Waals surface area contributed by atoms with E-state index in [4.69, 9.17) is 9.47 Å². The number of aromatic nitrogens is 1. The fourth-order valence-corrected chi connectivity index (χ4v) is 1.23. The van der Waals surface area contributed by atoms with Gasteiger partial charge in [-0.2, -0.15) is 0 Å². The van der Waals surface area contributed by atoms with E-state index in [0.717, 1.165) is 0 Å². The van der Waals surface area contributed by atoms with Crippen molar-refractivity contribution in [1.82, 2.24) is 10.3 Å². The highest BCUT2D eigenvalue weighted by Gasteiger charge is 2.19. The average Bonchev–Trinajstić information content (AvgIpc) is 2.33. The molecule has 1 amide bonds. The van der Waals surface area contributed by atoms with Crippen molar-refractivity contribution >= 4 is 6.09 Å².